The Morgan fingerprint density at radius 3 is 2.79 bits per heavy atom. The molecule has 1 heterocycles. The molecule has 0 bridgehead atoms. The maximum Gasteiger partial charge on any atom is 0.227 e. The number of nitrogen functional groups attached to an aromatic ring is 1. The fourth-order valence-corrected chi connectivity index (χ4v) is 1.90. The second-order valence-electron chi connectivity index (χ2n) is 3.68. The van der Waals surface area contributed by atoms with Crippen LogP contribution < -0.4 is 16.0 Å². The maximum atomic E-state index is 6.05. The summed E-state index contributed by atoms with van der Waals surface area (Å²) in [5, 5.41) is 0.982. The number of rotatable bonds is 4. The van der Waals surface area contributed by atoms with Gasteiger partial charge in [0, 0.05) is 11.1 Å². The van der Waals surface area contributed by atoms with Gasteiger partial charge in [-0.2, -0.15) is 0 Å². The van der Waals surface area contributed by atoms with Crippen LogP contribution in [0.3, 0.4) is 0 Å². The van der Waals surface area contributed by atoms with Gasteiger partial charge in [0.25, 0.3) is 0 Å². The molecule has 0 aliphatic rings. The van der Waals surface area contributed by atoms with E-state index in [1.54, 1.807) is 18.2 Å². The number of benzene rings is 1. The highest BCUT2D eigenvalue weighted by molar-refractivity contribution is 6.34. The largest absolute Gasteiger partial charge is 0.437 e. The molecule has 2 aromatic rings. The number of nitrogens with two attached hydrogens (primary N) is 1. The molecular weight excluding hydrogens is 287 g/mol. The standard InChI is InChI=1S/C12H12Cl2N4O/c1-2-8-11(18-15)16-6-17-12(8)19-10-5-7(13)3-4-9(10)14/h3-6H,2,15H2,1H3,(H,16,17,18). The van der Waals surface area contributed by atoms with Gasteiger partial charge in [0.05, 0.1) is 10.6 Å². The average Bonchev–Trinajstić information content (AvgIpc) is 2.42. The van der Waals surface area contributed by atoms with Crippen LogP contribution in [-0.2, 0) is 6.42 Å². The van der Waals surface area contributed by atoms with Crippen molar-refractivity contribution in [3.63, 3.8) is 0 Å². The van der Waals surface area contributed by atoms with Crippen molar-refractivity contribution in [1.82, 2.24) is 9.97 Å². The van der Waals surface area contributed by atoms with Crippen LogP contribution >= 0.6 is 23.2 Å². The van der Waals surface area contributed by atoms with Gasteiger partial charge in [-0.15, -0.1) is 0 Å². The molecule has 0 saturated heterocycles. The Labute approximate surface area is 120 Å². The molecule has 100 valence electrons. The maximum absolute atomic E-state index is 6.05. The Hall–Kier alpha value is -1.56. The van der Waals surface area contributed by atoms with Crippen molar-refractivity contribution in [2.75, 3.05) is 5.43 Å². The lowest BCUT2D eigenvalue weighted by molar-refractivity contribution is 0.456. The fraction of sp³-hybridized carbons (Fsp3) is 0.167. The van der Waals surface area contributed by atoms with Crippen molar-refractivity contribution in [3.8, 4) is 11.6 Å². The molecule has 0 amide bonds. The third-order valence-electron chi connectivity index (χ3n) is 2.50. The lowest BCUT2D eigenvalue weighted by Gasteiger charge is -2.12. The van der Waals surface area contributed by atoms with E-state index in [0.717, 1.165) is 5.56 Å². The number of hydrogen-bond donors (Lipinski definition) is 2. The molecule has 0 aliphatic carbocycles. The van der Waals surface area contributed by atoms with E-state index in [9.17, 15) is 0 Å². The summed E-state index contributed by atoms with van der Waals surface area (Å²) in [6.45, 7) is 1.95. The molecule has 3 N–H and O–H groups in total. The van der Waals surface area contributed by atoms with E-state index in [0.29, 0.717) is 33.9 Å². The minimum absolute atomic E-state index is 0.398. The van der Waals surface area contributed by atoms with E-state index in [1.807, 2.05) is 6.92 Å². The van der Waals surface area contributed by atoms with Crippen molar-refractivity contribution >= 4 is 29.0 Å². The molecule has 1 aromatic heterocycles. The quantitative estimate of drug-likeness (QED) is 0.668. The van der Waals surface area contributed by atoms with E-state index < -0.39 is 0 Å². The third-order valence-corrected chi connectivity index (χ3v) is 3.04. The van der Waals surface area contributed by atoms with Crippen LogP contribution in [0.2, 0.25) is 10.0 Å². The Morgan fingerprint density at radius 2 is 2.11 bits per heavy atom. The molecule has 2 rings (SSSR count). The summed E-state index contributed by atoms with van der Waals surface area (Å²) >= 11 is 12.0. The van der Waals surface area contributed by atoms with Crippen LogP contribution in [0, 0.1) is 0 Å². The molecule has 0 aliphatic heterocycles. The van der Waals surface area contributed by atoms with Crippen LogP contribution in [-0.4, -0.2) is 9.97 Å². The second kappa shape index (κ2) is 6.06. The Balaban J connectivity index is 2.40. The highest BCUT2D eigenvalue weighted by Crippen LogP contribution is 2.33. The first-order valence-corrected chi connectivity index (χ1v) is 6.34. The lowest BCUT2D eigenvalue weighted by atomic mass is 10.2. The van der Waals surface area contributed by atoms with Gasteiger partial charge in [-0.1, -0.05) is 30.1 Å². The molecule has 0 spiro atoms. The van der Waals surface area contributed by atoms with Crippen molar-refractivity contribution in [3.05, 3.63) is 40.1 Å². The summed E-state index contributed by atoms with van der Waals surface area (Å²) in [6, 6.07) is 4.97. The molecule has 0 atom stereocenters. The van der Waals surface area contributed by atoms with Crippen LogP contribution in [0.15, 0.2) is 24.5 Å². The number of ether oxygens (including phenoxy) is 1. The zero-order valence-corrected chi connectivity index (χ0v) is 11.7. The Kier molecular flexibility index (Phi) is 4.42. The summed E-state index contributed by atoms with van der Waals surface area (Å²) in [6.07, 6.45) is 2.02. The summed E-state index contributed by atoms with van der Waals surface area (Å²) in [5.74, 6) is 6.75. The number of aromatic nitrogens is 2. The van der Waals surface area contributed by atoms with E-state index in [1.165, 1.54) is 6.33 Å². The van der Waals surface area contributed by atoms with Gasteiger partial charge in [0.1, 0.15) is 17.9 Å². The molecule has 1 aromatic carbocycles. The fourth-order valence-electron chi connectivity index (χ4n) is 1.59. The number of anilines is 1. The van der Waals surface area contributed by atoms with Crippen molar-refractivity contribution in [1.29, 1.82) is 0 Å². The Morgan fingerprint density at radius 1 is 1.32 bits per heavy atom. The second-order valence-corrected chi connectivity index (χ2v) is 4.52. The van der Waals surface area contributed by atoms with E-state index in [-0.39, 0.29) is 0 Å². The average molecular weight is 299 g/mol. The minimum atomic E-state index is 0.398. The van der Waals surface area contributed by atoms with Gasteiger partial charge in [-0.05, 0) is 18.6 Å². The van der Waals surface area contributed by atoms with E-state index in [4.69, 9.17) is 33.8 Å². The van der Waals surface area contributed by atoms with E-state index in [2.05, 4.69) is 15.4 Å². The van der Waals surface area contributed by atoms with Gasteiger partial charge in [-0.3, -0.25) is 0 Å². The topological polar surface area (TPSA) is 73.1 Å². The highest BCUT2D eigenvalue weighted by Gasteiger charge is 2.13. The molecule has 0 saturated carbocycles. The molecule has 0 unspecified atom stereocenters. The summed E-state index contributed by atoms with van der Waals surface area (Å²) in [4.78, 5) is 8.12. The van der Waals surface area contributed by atoms with Crippen molar-refractivity contribution in [2.45, 2.75) is 13.3 Å². The number of nitrogens with zero attached hydrogens (tertiary/aromatic N) is 2. The molecule has 5 nitrogen and oxygen atoms in total. The molecular formula is C12H12Cl2N4O. The summed E-state index contributed by atoms with van der Waals surface area (Å²) < 4.78 is 5.69. The predicted octanol–water partition coefficient (Wildman–Crippen LogP) is 3.42. The number of nitrogens with one attached hydrogen (secondary N) is 1. The number of hydrogen-bond acceptors (Lipinski definition) is 5. The van der Waals surface area contributed by atoms with Crippen molar-refractivity contribution in [2.24, 2.45) is 5.84 Å². The van der Waals surface area contributed by atoms with Gasteiger partial charge in [0.2, 0.25) is 5.88 Å². The predicted molar refractivity (Wildman–Crippen MR) is 75.8 cm³/mol. The van der Waals surface area contributed by atoms with E-state index >= 15 is 0 Å². The Bertz CT molecular complexity index is 592. The summed E-state index contributed by atoms with van der Waals surface area (Å²) in [5.41, 5.74) is 3.27. The van der Waals surface area contributed by atoms with Gasteiger partial charge in [-0.25, -0.2) is 15.8 Å². The normalized spacial score (nSPS) is 10.3. The highest BCUT2D eigenvalue weighted by atomic mass is 35.5. The number of halogens is 2. The first-order valence-electron chi connectivity index (χ1n) is 5.59. The SMILES string of the molecule is CCc1c(NN)ncnc1Oc1cc(Cl)ccc1Cl. The number of hydrazine groups is 1. The molecule has 0 fully saturated rings. The zero-order chi connectivity index (χ0) is 13.8. The third kappa shape index (κ3) is 3.07. The monoisotopic (exact) mass is 298 g/mol. The summed E-state index contributed by atoms with van der Waals surface area (Å²) in [7, 11) is 0. The minimum Gasteiger partial charge on any atom is -0.437 e. The van der Waals surface area contributed by atoms with Crippen LogP contribution in [0.4, 0.5) is 5.82 Å². The van der Waals surface area contributed by atoms with Gasteiger partial charge >= 0.3 is 0 Å². The van der Waals surface area contributed by atoms with Crippen LogP contribution in [0.25, 0.3) is 0 Å². The van der Waals surface area contributed by atoms with Crippen LogP contribution in [0.5, 0.6) is 11.6 Å². The first-order chi connectivity index (χ1) is 9.15. The van der Waals surface area contributed by atoms with Crippen molar-refractivity contribution < 1.29 is 4.74 Å². The molecule has 7 heteroatoms. The molecule has 0 radical (unpaired) electrons. The molecule has 19 heavy (non-hydrogen) atoms. The van der Waals surface area contributed by atoms with Gasteiger partial charge < -0.3 is 10.2 Å². The first kappa shape index (κ1) is 13.9. The zero-order valence-electron chi connectivity index (χ0n) is 10.2. The van der Waals surface area contributed by atoms with Crippen LogP contribution in [0.1, 0.15) is 12.5 Å². The smallest absolute Gasteiger partial charge is 0.227 e. The van der Waals surface area contributed by atoms with Gasteiger partial charge in [0.15, 0.2) is 0 Å². The lowest BCUT2D eigenvalue weighted by Crippen LogP contribution is -2.12.